The van der Waals surface area contributed by atoms with E-state index in [0.29, 0.717) is 17.1 Å². The summed E-state index contributed by atoms with van der Waals surface area (Å²) in [5.41, 5.74) is 1.77. The number of fused-ring (bicyclic) bond motifs is 1. The van der Waals surface area contributed by atoms with Gasteiger partial charge >= 0.3 is 0 Å². The van der Waals surface area contributed by atoms with Gasteiger partial charge in [0.05, 0.1) is 12.8 Å². The van der Waals surface area contributed by atoms with E-state index in [1.807, 2.05) is 37.3 Å². The molecule has 2 aliphatic rings. The molecule has 0 saturated heterocycles. The van der Waals surface area contributed by atoms with Gasteiger partial charge < -0.3 is 9.73 Å². The third-order valence-electron chi connectivity index (χ3n) is 6.68. The Bertz CT molecular complexity index is 1140. The zero-order valence-electron chi connectivity index (χ0n) is 18.5. The highest BCUT2D eigenvalue weighted by atomic mass is 16.3. The standard InChI is InChI=1S/C25H28N4O3/c1-3-17-8-6-11-19(14-17)29-23(30)21-15-20(22-12-7-13-32-22)27-28(21)16-25(29,2)24(31)26-18-9-4-5-10-18/h6-8,11-15,18H,3-5,9-10,16H2,1-2H3,(H,26,31)/t25-/m0/s1. The number of carbonyl (C=O) groups excluding carboxylic acids is 2. The molecule has 7 heteroatoms. The van der Waals surface area contributed by atoms with Crippen molar-refractivity contribution in [3.63, 3.8) is 0 Å². The predicted molar refractivity (Wildman–Crippen MR) is 121 cm³/mol. The van der Waals surface area contributed by atoms with Gasteiger partial charge in [-0.2, -0.15) is 5.10 Å². The highest BCUT2D eigenvalue weighted by Gasteiger charge is 2.49. The summed E-state index contributed by atoms with van der Waals surface area (Å²) in [7, 11) is 0. The first-order valence-electron chi connectivity index (χ1n) is 11.4. The van der Waals surface area contributed by atoms with E-state index in [4.69, 9.17) is 4.42 Å². The highest BCUT2D eigenvalue weighted by Crippen LogP contribution is 2.35. The molecule has 32 heavy (non-hydrogen) atoms. The molecular formula is C25H28N4O3. The Morgan fingerprint density at radius 2 is 2.03 bits per heavy atom. The summed E-state index contributed by atoms with van der Waals surface area (Å²) in [4.78, 5) is 29.1. The van der Waals surface area contributed by atoms with E-state index < -0.39 is 5.54 Å². The third kappa shape index (κ3) is 3.42. The van der Waals surface area contributed by atoms with Gasteiger partial charge in [0.2, 0.25) is 5.91 Å². The minimum absolute atomic E-state index is 0.139. The fourth-order valence-corrected chi connectivity index (χ4v) is 4.86. The van der Waals surface area contributed by atoms with Crippen LogP contribution in [0.2, 0.25) is 0 Å². The average molecular weight is 433 g/mol. The number of carbonyl (C=O) groups is 2. The Hall–Kier alpha value is -3.35. The van der Waals surface area contributed by atoms with Gasteiger partial charge in [0.15, 0.2) is 5.76 Å². The van der Waals surface area contributed by atoms with Crippen LogP contribution in [0.15, 0.2) is 53.1 Å². The summed E-state index contributed by atoms with van der Waals surface area (Å²) in [6.45, 7) is 4.18. The molecule has 1 fully saturated rings. The van der Waals surface area contributed by atoms with E-state index in [-0.39, 0.29) is 24.4 Å². The van der Waals surface area contributed by atoms with Crippen molar-refractivity contribution in [1.29, 1.82) is 0 Å². The van der Waals surface area contributed by atoms with Gasteiger partial charge in [-0.1, -0.05) is 31.9 Å². The average Bonchev–Trinajstić information content (AvgIpc) is 3.55. The second-order valence-electron chi connectivity index (χ2n) is 8.94. The number of anilines is 1. The van der Waals surface area contributed by atoms with Gasteiger partial charge in [-0.15, -0.1) is 0 Å². The fourth-order valence-electron chi connectivity index (χ4n) is 4.86. The molecule has 1 atom stereocenters. The predicted octanol–water partition coefficient (Wildman–Crippen LogP) is 4.18. The van der Waals surface area contributed by atoms with E-state index in [1.54, 1.807) is 28.0 Å². The topological polar surface area (TPSA) is 80.4 Å². The van der Waals surface area contributed by atoms with Crippen LogP contribution in [0, 0.1) is 0 Å². The summed E-state index contributed by atoms with van der Waals surface area (Å²) in [6.07, 6.45) is 6.64. The molecule has 0 radical (unpaired) electrons. The van der Waals surface area contributed by atoms with Gasteiger partial charge in [0, 0.05) is 17.8 Å². The highest BCUT2D eigenvalue weighted by molar-refractivity contribution is 6.12. The van der Waals surface area contributed by atoms with Crippen molar-refractivity contribution in [1.82, 2.24) is 15.1 Å². The van der Waals surface area contributed by atoms with Crippen molar-refractivity contribution in [3.8, 4) is 11.5 Å². The Morgan fingerprint density at radius 3 is 2.75 bits per heavy atom. The minimum atomic E-state index is -1.11. The normalized spacial score (nSPS) is 21.1. The van der Waals surface area contributed by atoms with Crippen molar-refractivity contribution in [2.45, 2.75) is 64.1 Å². The largest absolute Gasteiger partial charge is 0.463 e. The third-order valence-corrected chi connectivity index (χ3v) is 6.68. The second-order valence-corrected chi connectivity index (χ2v) is 8.94. The maximum Gasteiger partial charge on any atom is 0.277 e. The summed E-state index contributed by atoms with van der Waals surface area (Å²) < 4.78 is 7.13. The number of nitrogens with zero attached hydrogens (tertiary/aromatic N) is 3. The number of aromatic nitrogens is 2. The van der Waals surface area contributed by atoms with Crippen LogP contribution in [0.3, 0.4) is 0 Å². The molecule has 7 nitrogen and oxygen atoms in total. The first kappa shape index (κ1) is 20.5. The lowest BCUT2D eigenvalue weighted by atomic mass is 9.93. The molecular weight excluding hydrogens is 404 g/mol. The van der Waals surface area contributed by atoms with Crippen LogP contribution in [-0.4, -0.2) is 33.2 Å². The number of nitrogens with one attached hydrogen (secondary N) is 1. The Kier molecular flexibility index (Phi) is 5.12. The van der Waals surface area contributed by atoms with Gasteiger partial charge in [0.1, 0.15) is 16.9 Å². The van der Waals surface area contributed by atoms with E-state index in [2.05, 4.69) is 17.3 Å². The van der Waals surface area contributed by atoms with Crippen LogP contribution < -0.4 is 10.2 Å². The summed E-state index contributed by atoms with van der Waals surface area (Å²) >= 11 is 0. The Balaban J connectivity index is 1.59. The molecule has 3 heterocycles. The van der Waals surface area contributed by atoms with Crippen molar-refractivity contribution >= 4 is 17.5 Å². The van der Waals surface area contributed by atoms with Crippen molar-refractivity contribution < 1.29 is 14.0 Å². The molecule has 1 aromatic carbocycles. The lowest BCUT2D eigenvalue weighted by Gasteiger charge is -2.43. The number of aryl methyl sites for hydroxylation is 1. The molecule has 0 spiro atoms. The second kappa shape index (κ2) is 7.97. The van der Waals surface area contributed by atoms with E-state index in [0.717, 1.165) is 43.4 Å². The monoisotopic (exact) mass is 432 g/mol. The summed E-state index contributed by atoms with van der Waals surface area (Å²) in [6, 6.07) is 13.4. The molecule has 1 N–H and O–H groups in total. The maximum absolute atomic E-state index is 13.8. The van der Waals surface area contributed by atoms with E-state index in [1.165, 1.54) is 0 Å². The molecule has 3 aromatic rings. The smallest absolute Gasteiger partial charge is 0.277 e. The molecule has 5 rings (SSSR count). The summed E-state index contributed by atoms with van der Waals surface area (Å²) in [5, 5.41) is 7.82. The Labute approximate surface area is 187 Å². The van der Waals surface area contributed by atoms with Crippen LogP contribution in [0.1, 0.15) is 55.6 Å². The quantitative estimate of drug-likeness (QED) is 0.656. The minimum Gasteiger partial charge on any atom is -0.463 e. The number of amides is 2. The van der Waals surface area contributed by atoms with Gasteiger partial charge in [-0.3, -0.25) is 19.2 Å². The molecule has 1 aliphatic carbocycles. The molecule has 1 saturated carbocycles. The van der Waals surface area contributed by atoms with Gasteiger partial charge in [-0.25, -0.2) is 0 Å². The van der Waals surface area contributed by atoms with Crippen molar-refractivity contribution in [2.75, 3.05) is 4.90 Å². The van der Waals surface area contributed by atoms with Crippen LogP contribution in [0.25, 0.3) is 11.5 Å². The van der Waals surface area contributed by atoms with Crippen molar-refractivity contribution in [2.24, 2.45) is 0 Å². The van der Waals surface area contributed by atoms with Crippen LogP contribution in [0.4, 0.5) is 5.69 Å². The van der Waals surface area contributed by atoms with Gasteiger partial charge in [-0.05, 0) is 56.0 Å². The van der Waals surface area contributed by atoms with Crippen LogP contribution >= 0.6 is 0 Å². The molecule has 1 aliphatic heterocycles. The van der Waals surface area contributed by atoms with Crippen LogP contribution in [0.5, 0.6) is 0 Å². The number of rotatable bonds is 5. The number of furan rings is 1. The number of benzene rings is 1. The zero-order chi connectivity index (χ0) is 22.3. The number of hydrogen-bond acceptors (Lipinski definition) is 4. The lowest BCUT2D eigenvalue weighted by molar-refractivity contribution is -0.127. The lowest BCUT2D eigenvalue weighted by Crippen LogP contribution is -2.65. The SMILES string of the molecule is CCc1cccc(N2C(=O)c3cc(-c4ccco4)nn3C[C@@]2(C)C(=O)NC2CCCC2)c1. The van der Waals surface area contributed by atoms with Crippen molar-refractivity contribution in [3.05, 3.63) is 60.0 Å². The first-order chi connectivity index (χ1) is 15.5. The summed E-state index contributed by atoms with van der Waals surface area (Å²) in [5.74, 6) is 0.218. The molecule has 2 aromatic heterocycles. The molecule has 166 valence electrons. The molecule has 0 unspecified atom stereocenters. The maximum atomic E-state index is 13.8. The Morgan fingerprint density at radius 1 is 1.22 bits per heavy atom. The molecule has 2 amide bonds. The zero-order valence-corrected chi connectivity index (χ0v) is 18.5. The van der Waals surface area contributed by atoms with Crippen LogP contribution in [-0.2, 0) is 17.8 Å². The van der Waals surface area contributed by atoms with Gasteiger partial charge in [0.25, 0.3) is 5.91 Å². The first-order valence-corrected chi connectivity index (χ1v) is 11.4. The fraction of sp³-hybridized carbons (Fsp3) is 0.400. The molecule has 0 bridgehead atoms. The number of hydrogen-bond donors (Lipinski definition) is 1. The van der Waals surface area contributed by atoms with E-state index >= 15 is 0 Å². The van der Waals surface area contributed by atoms with E-state index in [9.17, 15) is 9.59 Å².